The van der Waals surface area contributed by atoms with E-state index in [2.05, 4.69) is 9.88 Å². The maximum atomic E-state index is 13.3. The van der Waals surface area contributed by atoms with Crippen LogP contribution in [0.25, 0.3) is 17.0 Å². The minimum absolute atomic E-state index is 0.00687. The van der Waals surface area contributed by atoms with E-state index in [0.29, 0.717) is 24.7 Å². The van der Waals surface area contributed by atoms with E-state index >= 15 is 0 Å². The molecule has 5 rings (SSSR count). The number of aromatic nitrogens is 1. The second-order valence-corrected chi connectivity index (χ2v) is 9.43. The average molecular weight is 502 g/mol. The van der Waals surface area contributed by atoms with Crippen LogP contribution in [0.1, 0.15) is 44.1 Å². The van der Waals surface area contributed by atoms with E-state index in [1.165, 1.54) is 4.90 Å². The van der Waals surface area contributed by atoms with E-state index in [0.717, 1.165) is 55.0 Å². The van der Waals surface area contributed by atoms with E-state index in [-0.39, 0.29) is 11.6 Å². The zero-order chi connectivity index (χ0) is 25.8. The van der Waals surface area contributed by atoms with Crippen molar-refractivity contribution in [2.45, 2.75) is 51.1 Å². The lowest BCUT2D eigenvalue weighted by Gasteiger charge is -2.35. The van der Waals surface area contributed by atoms with Gasteiger partial charge in [-0.2, -0.15) is 0 Å². The molecule has 192 valence electrons. The van der Waals surface area contributed by atoms with Gasteiger partial charge in [0.25, 0.3) is 11.8 Å². The Morgan fingerprint density at radius 3 is 2.49 bits per heavy atom. The second-order valence-electron chi connectivity index (χ2n) is 9.43. The molecule has 3 aromatic rings. The molecule has 2 aliphatic rings. The molecule has 1 aliphatic heterocycles. The first kappa shape index (κ1) is 24.6. The molecule has 0 unspecified atom stereocenters. The van der Waals surface area contributed by atoms with Gasteiger partial charge in [-0.05, 0) is 43.5 Å². The Labute approximate surface area is 215 Å². The Bertz CT molecular complexity index is 1350. The highest BCUT2D eigenvalue weighted by Gasteiger charge is 2.40. The number of para-hydroxylation sites is 3. The zero-order valence-corrected chi connectivity index (χ0v) is 20.9. The van der Waals surface area contributed by atoms with Crippen molar-refractivity contribution < 1.29 is 23.9 Å². The molecule has 2 heterocycles. The van der Waals surface area contributed by atoms with Crippen molar-refractivity contribution in [3.8, 4) is 11.5 Å². The van der Waals surface area contributed by atoms with Gasteiger partial charge in [0.15, 0.2) is 11.5 Å². The normalized spacial score (nSPS) is 17.9. The molecule has 0 radical (unpaired) electrons. The van der Waals surface area contributed by atoms with E-state index < -0.39 is 17.8 Å². The lowest BCUT2D eigenvalue weighted by molar-refractivity contribution is -0.132. The van der Waals surface area contributed by atoms with Crippen LogP contribution < -0.4 is 14.8 Å². The van der Waals surface area contributed by atoms with Gasteiger partial charge in [0.2, 0.25) is 0 Å². The number of nitrogens with one attached hydrogen (secondary N) is 1. The van der Waals surface area contributed by atoms with Gasteiger partial charge in [-0.1, -0.05) is 49.6 Å². The van der Waals surface area contributed by atoms with Gasteiger partial charge in [0.05, 0.1) is 13.7 Å². The van der Waals surface area contributed by atoms with E-state index in [1.54, 1.807) is 13.2 Å². The Morgan fingerprint density at radius 1 is 0.973 bits per heavy atom. The number of barbiturate groups is 1. The van der Waals surface area contributed by atoms with Crippen LogP contribution in [0, 0.1) is 0 Å². The third kappa shape index (κ3) is 5.09. The van der Waals surface area contributed by atoms with Crippen LogP contribution in [0.15, 0.2) is 60.3 Å². The van der Waals surface area contributed by atoms with Crippen molar-refractivity contribution in [1.29, 1.82) is 0 Å². The number of imide groups is 2. The molecular formula is C29H31N3O5. The van der Waals surface area contributed by atoms with Gasteiger partial charge in [-0.25, -0.2) is 4.79 Å². The first-order valence-corrected chi connectivity index (χ1v) is 12.8. The number of ether oxygens (including phenoxy) is 2. The molecule has 0 atom stereocenters. The fourth-order valence-electron chi connectivity index (χ4n) is 5.23. The van der Waals surface area contributed by atoms with Crippen molar-refractivity contribution in [2.24, 2.45) is 0 Å². The fourth-order valence-corrected chi connectivity index (χ4v) is 5.23. The van der Waals surface area contributed by atoms with Crippen LogP contribution in [0.4, 0.5) is 4.79 Å². The summed E-state index contributed by atoms with van der Waals surface area (Å²) in [6.07, 6.45) is 8.91. The largest absolute Gasteiger partial charge is 0.493 e. The zero-order valence-electron chi connectivity index (χ0n) is 20.9. The highest BCUT2D eigenvalue weighted by Crippen LogP contribution is 2.29. The molecule has 0 bridgehead atoms. The number of carbonyl (C=O) groups is 3. The van der Waals surface area contributed by atoms with Crippen LogP contribution in [-0.2, 0) is 16.1 Å². The summed E-state index contributed by atoms with van der Waals surface area (Å²) in [7, 11) is 1.62. The van der Waals surface area contributed by atoms with Crippen molar-refractivity contribution in [3.05, 3.63) is 65.9 Å². The van der Waals surface area contributed by atoms with Crippen molar-refractivity contribution >= 4 is 34.8 Å². The molecule has 1 saturated heterocycles. The fraction of sp³-hybridized carbons (Fsp3) is 0.345. The van der Waals surface area contributed by atoms with Gasteiger partial charge < -0.3 is 14.0 Å². The predicted octanol–water partition coefficient (Wildman–Crippen LogP) is 4.91. The minimum Gasteiger partial charge on any atom is -0.493 e. The van der Waals surface area contributed by atoms with E-state index in [9.17, 15) is 14.4 Å². The smallest absolute Gasteiger partial charge is 0.331 e. The average Bonchev–Trinajstić information content (AvgIpc) is 3.27. The molecule has 2 fully saturated rings. The highest BCUT2D eigenvalue weighted by molar-refractivity contribution is 6.31. The second kappa shape index (κ2) is 10.9. The summed E-state index contributed by atoms with van der Waals surface area (Å²) in [5.74, 6) is 0.234. The summed E-state index contributed by atoms with van der Waals surface area (Å²) in [6, 6.07) is 14.6. The van der Waals surface area contributed by atoms with Gasteiger partial charge in [0.1, 0.15) is 5.57 Å². The molecule has 2 aromatic carbocycles. The van der Waals surface area contributed by atoms with Gasteiger partial charge >= 0.3 is 6.03 Å². The summed E-state index contributed by atoms with van der Waals surface area (Å²) in [5, 5.41) is 3.31. The third-order valence-electron chi connectivity index (χ3n) is 7.06. The number of methoxy groups -OCH3 is 1. The van der Waals surface area contributed by atoms with Crippen molar-refractivity contribution in [3.63, 3.8) is 0 Å². The molecule has 1 aromatic heterocycles. The SMILES string of the molecule is COc1ccccc1OCCCn1cc(/C=C2\C(=O)NC(=O)N(C3CCCCC3)C2=O)c2ccccc21. The minimum atomic E-state index is -0.649. The number of rotatable bonds is 8. The highest BCUT2D eigenvalue weighted by atomic mass is 16.5. The van der Waals surface area contributed by atoms with Crippen molar-refractivity contribution in [2.75, 3.05) is 13.7 Å². The Balaban J connectivity index is 1.36. The summed E-state index contributed by atoms with van der Waals surface area (Å²) in [6.45, 7) is 1.19. The Kier molecular flexibility index (Phi) is 7.25. The van der Waals surface area contributed by atoms with Crippen LogP contribution in [0.5, 0.6) is 11.5 Å². The molecular weight excluding hydrogens is 470 g/mol. The van der Waals surface area contributed by atoms with Crippen molar-refractivity contribution in [1.82, 2.24) is 14.8 Å². The van der Waals surface area contributed by atoms with Crippen LogP contribution in [-0.4, -0.2) is 47.1 Å². The number of urea groups is 1. The molecule has 1 N–H and O–H groups in total. The summed E-state index contributed by atoms with van der Waals surface area (Å²) >= 11 is 0. The first-order chi connectivity index (χ1) is 18.1. The molecule has 37 heavy (non-hydrogen) atoms. The maximum absolute atomic E-state index is 13.3. The maximum Gasteiger partial charge on any atom is 0.331 e. The number of nitrogens with zero attached hydrogens (tertiary/aromatic N) is 2. The molecule has 0 spiro atoms. The lowest BCUT2D eigenvalue weighted by Crippen LogP contribution is -2.58. The number of amides is 4. The van der Waals surface area contributed by atoms with Gasteiger partial charge in [-0.3, -0.25) is 19.8 Å². The lowest BCUT2D eigenvalue weighted by atomic mass is 9.93. The van der Waals surface area contributed by atoms with Crippen LogP contribution in [0.3, 0.4) is 0 Å². The summed E-state index contributed by atoms with van der Waals surface area (Å²) in [5.41, 5.74) is 1.75. The Hall–Kier alpha value is -4.07. The number of carbonyl (C=O) groups excluding carboxylic acids is 3. The third-order valence-corrected chi connectivity index (χ3v) is 7.06. The number of aryl methyl sites for hydroxylation is 1. The summed E-state index contributed by atoms with van der Waals surface area (Å²) < 4.78 is 13.4. The molecule has 8 heteroatoms. The van der Waals surface area contributed by atoms with Crippen LogP contribution >= 0.6 is 0 Å². The number of fused-ring (bicyclic) bond motifs is 1. The van der Waals surface area contributed by atoms with Gasteiger partial charge in [0, 0.05) is 35.2 Å². The number of hydrogen-bond donors (Lipinski definition) is 1. The standard InChI is InChI=1S/C29H31N3O5/c1-36-25-14-7-8-15-26(25)37-17-9-16-31-19-20(22-12-5-6-13-24(22)31)18-23-27(33)30-29(35)32(28(23)34)21-10-3-2-4-11-21/h5-8,12-15,18-19,21H,2-4,9-11,16-17H2,1H3,(H,30,33,35)/b23-18+. The molecule has 4 amide bonds. The van der Waals surface area contributed by atoms with E-state index in [1.807, 2.05) is 54.7 Å². The first-order valence-electron chi connectivity index (χ1n) is 12.8. The monoisotopic (exact) mass is 501 g/mol. The Morgan fingerprint density at radius 2 is 1.70 bits per heavy atom. The van der Waals surface area contributed by atoms with E-state index in [4.69, 9.17) is 9.47 Å². The topological polar surface area (TPSA) is 89.9 Å². The van der Waals surface area contributed by atoms with Gasteiger partial charge in [-0.15, -0.1) is 0 Å². The number of benzene rings is 2. The molecule has 1 aliphatic carbocycles. The van der Waals surface area contributed by atoms with Crippen LogP contribution in [0.2, 0.25) is 0 Å². The molecule has 8 nitrogen and oxygen atoms in total. The summed E-state index contributed by atoms with van der Waals surface area (Å²) in [4.78, 5) is 39.8. The quantitative estimate of drug-likeness (QED) is 0.269. The predicted molar refractivity (Wildman–Crippen MR) is 140 cm³/mol. The molecule has 1 saturated carbocycles. The number of hydrogen-bond acceptors (Lipinski definition) is 5.